The van der Waals surface area contributed by atoms with Crippen LogP contribution in [0.5, 0.6) is 0 Å². The Hall–Kier alpha value is -0.0900. The zero-order valence-corrected chi connectivity index (χ0v) is 15.4. The van der Waals surface area contributed by atoms with E-state index in [-0.39, 0.29) is 5.92 Å². The summed E-state index contributed by atoms with van der Waals surface area (Å²) < 4.78 is 0.975. The molecule has 21 heavy (non-hydrogen) atoms. The number of carbonyl (C=O) groups is 1. The molecule has 0 bridgehead atoms. The maximum absolute atomic E-state index is 10.7. The Morgan fingerprint density at radius 1 is 1.00 bits per heavy atom. The first-order valence-electron chi connectivity index (χ1n) is 8.46. The van der Waals surface area contributed by atoms with Gasteiger partial charge in [-0.05, 0) is 12.8 Å². The van der Waals surface area contributed by atoms with Gasteiger partial charge in [0.15, 0.2) is 0 Å². The van der Waals surface area contributed by atoms with Crippen LogP contribution in [0.3, 0.4) is 0 Å². The normalized spacial score (nSPS) is 12.3. The summed E-state index contributed by atoms with van der Waals surface area (Å²) in [5.41, 5.74) is 0. The van der Waals surface area contributed by atoms with Crippen LogP contribution in [0, 0.1) is 5.92 Å². The number of thioether (sulfide) groups is 1. The molecule has 1 atom stereocenters. The van der Waals surface area contributed by atoms with E-state index in [9.17, 15) is 4.79 Å². The molecule has 0 rings (SSSR count). The van der Waals surface area contributed by atoms with Crippen LogP contribution in [0.1, 0.15) is 84.5 Å². The number of carboxylic acid groups (broad SMARTS) is 1. The summed E-state index contributed by atoms with van der Waals surface area (Å²) in [6.45, 7) is 3.99. The minimum Gasteiger partial charge on any atom is -0.481 e. The fourth-order valence-corrected chi connectivity index (χ4v) is 3.33. The number of hydrogen-bond acceptors (Lipinski definition) is 3. The van der Waals surface area contributed by atoms with Gasteiger partial charge in [-0.15, -0.1) is 11.8 Å². The second-order valence-corrected chi connectivity index (χ2v) is 7.72. The van der Waals surface area contributed by atoms with Gasteiger partial charge < -0.3 is 5.11 Å². The van der Waals surface area contributed by atoms with Crippen molar-refractivity contribution in [3.63, 3.8) is 0 Å². The number of aliphatic carboxylic acids is 1. The maximum atomic E-state index is 10.7. The first-order valence-corrected chi connectivity index (χ1v) is 9.85. The summed E-state index contributed by atoms with van der Waals surface area (Å²) in [7, 11) is 0. The van der Waals surface area contributed by atoms with E-state index in [0.29, 0.717) is 5.75 Å². The first-order chi connectivity index (χ1) is 10.1. The van der Waals surface area contributed by atoms with E-state index >= 15 is 0 Å². The van der Waals surface area contributed by atoms with Crippen LogP contribution in [0.15, 0.2) is 0 Å². The van der Waals surface area contributed by atoms with Crippen LogP contribution in [0.4, 0.5) is 0 Å². The summed E-state index contributed by atoms with van der Waals surface area (Å²) in [6.07, 6.45) is 14.3. The second-order valence-electron chi connectivity index (χ2n) is 5.85. The van der Waals surface area contributed by atoms with Crippen molar-refractivity contribution < 1.29 is 9.90 Å². The average Bonchev–Trinajstić information content (AvgIpc) is 2.46. The standard InChI is InChI=1S/C17H32O2S2/c1-3-4-5-6-7-8-9-10-11-12-13-16(20)21-14-15(2)17(18)19/h15H,3-14H2,1-2H3,(H,18,19). The average molecular weight is 333 g/mol. The van der Waals surface area contributed by atoms with Crippen LogP contribution < -0.4 is 0 Å². The maximum Gasteiger partial charge on any atom is 0.307 e. The molecule has 2 nitrogen and oxygen atoms in total. The van der Waals surface area contributed by atoms with Crippen molar-refractivity contribution in [2.24, 2.45) is 5.92 Å². The summed E-state index contributed by atoms with van der Waals surface area (Å²) in [6, 6.07) is 0. The smallest absolute Gasteiger partial charge is 0.307 e. The molecule has 0 aliphatic heterocycles. The van der Waals surface area contributed by atoms with E-state index in [1.54, 1.807) is 18.7 Å². The molecule has 0 aromatic heterocycles. The van der Waals surface area contributed by atoms with Crippen molar-refractivity contribution in [2.45, 2.75) is 84.5 Å². The topological polar surface area (TPSA) is 37.3 Å². The van der Waals surface area contributed by atoms with Gasteiger partial charge in [0.1, 0.15) is 0 Å². The molecule has 0 saturated heterocycles. The third-order valence-corrected chi connectivity index (χ3v) is 5.40. The fraction of sp³-hybridized carbons (Fsp3) is 0.882. The predicted molar refractivity (Wildman–Crippen MR) is 98.3 cm³/mol. The third-order valence-electron chi connectivity index (χ3n) is 3.65. The monoisotopic (exact) mass is 332 g/mol. The summed E-state index contributed by atoms with van der Waals surface area (Å²) >= 11 is 6.83. The van der Waals surface area contributed by atoms with Gasteiger partial charge in [-0.1, -0.05) is 83.9 Å². The molecule has 0 aromatic rings. The minimum absolute atomic E-state index is 0.305. The lowest BCUT2D eigenvalue weighted by atomic mass is 10.1. The van der Waals surface area contributed by atoms with Crippen LogP contribution in [0.2, 0.25) is 0 Å². The molecule has 0 fully saturated rings. The van der Waals surface area contributed by atoms with Crippen molar-refractivity contribution >= 4 is 34.1 Å². The SMILES string of the molecule is CCCCCCCCCCCCC(=S)SCC(C)C(=O)O. The highest BCUT2D eigenvalue weighted by atomic mass is 32.2. The van der Waals surface area contributed by atoms with Crippen molar-refractivity contribution in [1.29, 1.82) is 0 Å². The molecule has 0 aliphatic carbocycles. The highest BCUT2D eigenvalue weighted by Crippen LogP contribution is 2.17. The van der Waals surface area contributed by atoms with Gasteiger partial charge in [-0.2, -0.15) is 0 Å². The molecular formula is C17H32O2S2. The summed E-state index contributed by atoms with van der Waals surface area (Å²) in [4.78, 5) is 10.7. The van der Waals surface area contributed by atoms with E-state index in [1.807, 2.05) is 0 Å². The quantitative estimate of drug-likeness (QED) is 0.309. The van der Waals surface area contributed by atoms with Gasteiger partial charge in [-0.3, -0.25) is 4.79 Å². The zero-order valence-electron chi connectivity index (χ0n) is 13.7. The van der Waals surface area contributed by atoms with E-state index in [1.165, 1.54) is 57.8 Å². The number of thiocarbonyl (C=S) groups is 1. The Balaban J connectivity index is 3.27. The zero-order chi connectivity index (χ0) is 15.9. The first kappa shape index (κ1) is 20.9. The van der Waals surface area contributed by atoms with Crippen LogP contribution >= 0.6 is 24.0 Å². The Labute approximate surface area is 140 Å². The number of unbranched alkanes of at least 4 members (excludes halogenated alkanes) is 9. The molecule has 0 saturated carbocycles. The lowest BCUT2D eigenvalue weighted by Crippen LogP contribution is -2.12. The number of rotatable bonds is 14. The molecule has 124 valence electrons. The van der Waals surface area contributed by atoms with Crippen LogP contribution in [-0.4, -0.2) is 21.0 Å². The molecule has 4 heteroatoms. The summed E-state index contributed by atoms with van der Waals surface area (Å²) in [5, 5.41) is 8.80. The number of hydrogen-bond donors (Lipinski definition) is 1. The molecule has 0 aromatic carbocycles. The van der Waals surface area contributed by atoms with E-state index in [0.717, 1.165) is 17.0 Å². The highest BCUT2D eigenvalue weighted by molar-refractivity contribution is 8.23. The van der Waals surface area contributed by atoms with Crippen molar-refractivity contribution in [3.8, 4) is 0 Å². The van der Waals surface area contributed by atoms with Gasteiger partial charge in [0.2, 0.25) is 0 Å². The third kappa shape index (κ3) is 14.6. The number of carboxylic acids is 1. The summed E-state index contributed by atoms with van der Waals surface area (Å²) in [5.74, 6) is -0.434. The molecule has 1 unspecified atom stereocenters. The highest BCUT2D eigenvalue weighted by Gasteiger charge is 2.11. The van der Waals surface area contributed by atoms with Gasteiger partial charge in [-0.25, -0.2) is 0 Å². The molecular weight excluding hydrogens is 300 g/mol. The Bertz CT molecular complexity index is 280. The Kier molecular flexibility index (Phi) is 14.8. The van der Waals surface area contributed by atoms with Crippen LogP contribution in [-0.2, 0) is 4.79 Å². The second kappa shape index (κ2) is 14.8. The molecule has 0 radical (unpaired) electrons. The van der Waals surface area contributed by atoms with E-state index < -0.39 is 5.97 Å². The lowest BCUT2D eigenvalue weighted by Gasteiger charge is -2.07. The molecule has 0 spiro atoms. The Morgan fingerprint density at radius 2 is 1.48 bits per heavy atom. The van der Waals surface area contributed by atoms with Crippen LogP contribution in [0.25, 0.3) is 0 Å². The lowest BCUT2D eigenvalue weighted by molar-refractivity contribution is -0.140. The molecule has 0 amide bonds. The molecule has 1 N–H and O–H groups in total. The Morgan fingerprint density at radius 3 is 1.95 bits per heavy atom. The van der Waals surface area contributed by atoms with Crippen molar-refractivity contribution in [3.05, 3.63) is 0 Å². The van der Waals surface area contributed by atoms with Gasteiger partial charge in [0.25, 0.3) is 0 Å². The van der Waals surface area contributed by atoms with Crippen molar-refractivity contribution in [2.75, 3.05) is 5.75 Å². The van der Waals surface area contributed by atoms with E-state index in [4.69, 9.17) is 17.3 Å². The molecule has 0 heterocycles. The largest absolute Gasteiger partial charge is 0.481 e. The molecule has 0 aliphatic rings. The van der Waals surface area contributed by atoms with Crippen molar-refractivity contribution in [1.82, 2.24) is 0 Å². The minimum atomic E-state index is -0.732. The fourth-order valence-electron chi connectivity index (χ4n) is 2.12. The van der Waals surface area contributed by atoms with E-state index in [2.05, 4.69) is 6.92 Å². The van der Waals surface area contributed by atoms with Gasteiger partial charge in [0.05, 0.1) is 5.92 Å². The predicted octanol–water partition coefficient (Wildman–Crippen LogP) is 6.08. The van der Waals surface area contributed by atoms with Gasteiger partial charge >= 0.3 is 5.97 Å². The van der Waals surface area contributed by atoms with Gasteiger partial charge in [0, 0.05) is 9.95 Å².